The highest BCUT2D eigenvalue weighted by Crippen LogP contribution is 2.34. The Morgan fingerprint density at radius 3 is 2.29 bits per heavy atom. The van der Waals surface area contributed by atoms with Crippen molar-refractivity contribution in [3.63, 3.8) is 0 Å². The molecule has 0 unspecified atom stereocenters. The van der Waals surface area contributed by atoms with Crippen LogP contribution < -0.4 is 9.47 Å². The molecule has 0 amide bonds. The highest BCUT2D eigenvalue weighted by Gasteiger charge is 2.28. The predicted octanol–water partition coefficient (Wildman–Crippen LogP) is 3.62. The molecule has 21 heavy (non-hydrogen) atoms. The second kappa shape index (κ2) is 5.60. The van der Waals surface area contributed by atoms with Crippen molar-refractivity contribution in [1.82, 2.24) is 0 Å². The monoisotopic (exact) mass is 282 g/mol. The van der Waals surface area contributed by atoms with E-state index in [1.54, 1.807) is 14.2 Å². The number of hydrogen-bond acceptors (Lipinski definition) is 3. The van der Waals surface area contributed by atoms with Crippen LogP contribution in [0, 0.1) is 0 Å². The van der Waals surface area contributed by atoms with Crippen LogP contribution in [0.4, 0.5) is 0 Å². The maximum atomic E-state index is 12.8. The van der Waals surface area contributed by atoms with E-state index in [1.807, 2.05) is 42.5 Å². The highest BCUT2D eigenvalue weighted by atomic mass is 16.5. The summed E-state index contributed by atoms with van der Waals surface area (Å²) in [6, 6.07) is 13.5. The van der Waals surface area contributed by atoms with Gasteiger partial charge in [-0.1, -0.05) is 18.2 Å². The number of carbonyl (C=O) groups excluding carboxylic acids is 1. The third-order valence-corrected chi connectivity index (χ3v) is 4.12. The zero-order valence-electron chi connectivity index (χ0n) is 12.3. The van der Waals surface area contributed by atoms with Crippen LogP contribution in [0.1, 0.15) is 33.8 Å². The molecule has 0 bridgehead atoms. The Bertz CT molecular complexity index is 659. The predicted molar refractivity (Wildman–Crippen MR) is 81.4 cm³/mol. The van der Waals surface area contributed by atoms with Crippen molar-refractivity contribution in [2.24, 2.45) is 0 Å². The van der Waals surface area contributed by atoms with Gasteiger partial charge in [-0.2, -0.15) is 0 Å². The lowest BCUT2D eigenvalue weighted by molar-refractivity contribution is 0.0945. The van der Waals surface area contributed by atoms with Crippen LogP contribution in [0.3, 0.4) is 0 Å². The minimum absolute atomic E-state index is 0.0736. The number of ether oxygens (including phenoxy) is 2. The summed E-state index contributed by atoms with van der Waals surface area (Å²) in [5.74, 6) is 1.65. The van der Waals surface area contributed by atoms with Crippen molar-refractivity contribution in [3.8, 4) is 11.5 Å². The number of benzene rings is 2. The minimum atomic E-state index is -0.0736. The molecule has 1 aliphatic rings. The minimum Gasteiger partial charge on any atom is -0.497 e. The molecule has 0 aromatic heterocycles. The Hall–Kier alpha value is -2.29. The van der Waals surface area contributed by atoms with Gasteiger partial charge in [0.05, 0.1) is 14.2 Å². The zero-order valence-corrected chi connectivity index (χ0v) is 12.3. The Morgan fingerprint density at radius 2 is 1.62 bits per heavy atom. The van der Waals surface area contributed by atoms with Crippen LogP contribution in [-0.4, -0.2) is 20.0 Å². The third-order valence-electron chi connectivity index (χ3n) is 4.12. The van der Waals surface area contributed by atoms with E-state index in [1.165, 1.54) is 0 Å². The van der Waals surface area contributed by atoms with Crippen molar-refractivity contribution in [2.45, 2.75) is 18.8 Å². The molecular formula is C18H18O3. The molecule has 3 rings (SSSR count). The summed E-state index contributed by atoms with van der Waals surface area (Å²) >= 11 is 0. The molecule has 0 spiro atoms. The summed E-state index contributed by atoms with van der Waals surface area (Å²) < 4.78 is 10.4. The zero-order chi connectivity index (χ0) is 14.8. The first-order valence-corrected chi connectivity index (χ1v) is 7.08. The van der Waals surface area contributed by atoms with Crippen LogP contribution in [0.25, 0.3) is 0 Å². The second-order valence-corrected chi connectivity index (χ2v) is 5.25. The van der Waals surface area contributed by atoms with Gasteiger partial charge in [-0.15, -0.1) is 0 Å². The first kappa shape index (κ1) is 13.7. The molecule has 3 nitrogen and oxygen atoms in total. The first-order chi connectivity index (χ1) is 10.2. The van der Waals surface area contributed by atoms with Crippen molar-refractivity contribution in [1.29, 1.82) is 0 Å². The van der Waals surface area contributed by atoms with Gasteiger partial charge in [-0.25, -0.2) is 0 Å². The topological polar surface area (TPSA) is 35.5 Å². The van der Waals surface area contributed by atoms with Gasteiger partial charge in [-0.3, -0.25) is 4.79 Å². The molecule has 0 saturated carbocycles. The number of carbonyl (C=O) groups is 1. The molecule has 0 aliphatic heterocycles. The molecule has 0 heterocycles. The quantitative estimate of drug-likeness (QED) is 0.862. The number of ketones is 1. The second-order valence-electron chi connectivity index (χ2n) is 5.25. The van der Waals surface area contributed by atoms with Gasteiger partial charge in [0.25, 0.3) is 0 Å². The number of methoxy groups -OCH3 is 2. The van der Waals surface area contributed by atoms with E-state index in [0.717, 1.165) is 41.0 Å². The standard InChI is InChI=1S/C18H18O3/c1-20-14-7-3-12(4-8-14)16-10-6-13-5-9-15(21-2)11-17(13)18(16)19/h3-5,7-9,11,16H,6,10H2,1-2H3/t16-/m0/s1. The van der Waals surface area contributed by atoms with Crippen molar-refractivity contribution < 1.29 is 14.3 Å². The maximum absolute atomic E-state index is 12.8. The SMILES string of the molecule is COc1ccc([C@@H]2CCc3ccc(OC)cc3C2=O)cc1. The van der Waals surface area contributed by atoms with Crippen LogP contribution in [0.2, 0.25) is 0 Å². The van der Waals surface area contributed by atoms with Gasteiger partial charge in [0.1, 0.15) is 11.5 Å². The summed E-state index contributed by atoms with van der Waals surface area (Å²) in [6.45, 7) is 0. The van der Waals surface area contributed by atoms with Crippen molar-refractivity contribution in [2.75, 3.05) is 14.2 Å². The van der Waals surface area contributed by atoms with Gasteiger partial charge < -0.3 is 9.47 Å². The number of Topliss-reactive ketones (excluding diaryl/α,β-unsaturated/α-hetero) is 1. The molecule has 0 saturated heterocycles. The average Bonchev–Trinajstić information content (AvgIpc) is 2.55. The van der Waals surface area contributed by atoms with Crippen LogP contribution in [-0.2, 0) is 6.42 Å². The van der Waals surface area contributed by atoms with E-state index < -0.39 is 0 Å². The normalized spacial score (nSPS) is 17.2. The summed E-state index contributed by atoms with van der Waals surface area (Å²) in [5, 5.41) is 0. The fraction of sp³-hybridized carbons (Fsp3) is 0.278. The molecule has 2 aromatic carbocycles. The molecule has 2 aromatic rings. The first-order valence-electron chi connectivity index (χ1n) is 7.08. The molecular weight excluding hydrogens is 264 g/mol. The number of fused-ring (bicyclic) bond motifs is 1. The fourth-order valence-electron chi connectivity index (χ4n) is 2.90. The third kappa shape index (κ3) is 2.51. The molecule has 0 radical (unpaired) electrons. The lowest BCUT2D eigenvalue weighted by atomic mass is 9.79. The Balaban J connectivity index is 1.93. The number of hydrogen-bond donors (Lipinski definition) is 0. The summed E-state index contributed by atoms with van der Waals surface area (Å²) in [7, 11) is 3.26. The molecule has 3 heteroatoms. The lowest BCUT2D eigenvalue weighted by Gasteiger charge is -2.24. The molecule has 1 atom stereocenters. The smallest absolute Gasteiger partial charge is 0.170 e. The van der Waals surface area contributed by atoms with E-state index in [0.29, 0.717) is 0 Å². The summed E-state index contributed by atoms with van der Waals surface area (Å²) in [5.41, 5.74) is 2.96. The van der Waals surface area contributed by atoms with Gasteiger partial charge in [0.15, 0.2) is 5.78 Å². The van der Waals surface area contributed by atoms with Crippen LogP contribution >= 0.6 is 0 Å². The number of aryl methyl sites for hydroxylation is 1. The van der Waals surface area contributed by atoms with E-state index in [9.17, 15) is 4.79 Å². The summed E-state index contributed by atoms with van der Waals surface area (Å²) in [4.78, 5) is 12.8. The highest BCUT2D eigenvalue weighted by molar-refractivity contribution is 6.03. The molecule has 0 N–H and O–H groups in total. The van der Waals surface area contributed by atoms with Gasteiger partial charge >= 0.3 is 0 Å². The van der Waals surface area contributed by atoms with Gasteiger partial charge in [-0.05, 0) is 48.2 Å². The molecule has 108 valence electrons. The van der Waals surface area contributed by atoms with Crippen LogP contribution in [0.5, 0.6) is 11.5 Å². The summed E-state index contributed by atoms with van der Waals surface area (Å²) in [6.07, 6.45) is 1.77. The van der Waals surface area contributed by atoms with E-state index in [4.69, 9.17) is 9.47 Å². The maximum Gasteiger partial charge on any atom is 0.170 e. The Morgan fingerprint density at radius 1 is 0.952 bits per heavy atom. The average molecular weight is 282 g/mol. The van der Waals surface area contributed by atoms with E-state index in [-0.39, 0.29) is 11.7 Å². The van der Waals surface area contributed by atoms with Crippen molar-refractivity contribution in [3.05, 3.63) is 59.2 Å². The fourth-order valence-corrected chi connectivity index (χ4v) is 2.90. The largest absolute Gasteiger partial charge is 0.497 e. The van der Waals surface area contributed by atoms with Gasteiger partial charge in [0.2, 0.25) is 0 Å². The van der Waals surface area contributed by atoms with E-state index in [2.05, 4.69) is 0 Å². The van der Waals surface area contributed by atoms with E-state index >= 15 is 0 Å². The van der Waals surface area contributed by atoms with Crippen molar-refractivity contribution >= 4 is 5.78 Å². The molecule has 1 aliphatic carbocycles. The number of rotatable bonds is 3. The van der Waals surface area contributed by atoms with Gasteiger partial charge in [0, 0.05) is 11.5 Å². The lowest BCUT2D eigenvalue weighted by Crippen LogP contribution is -2.21. The Labute approximate surface area is 124 Å². The Kier molecular flexibility index (Phi) is 3.65. The van der Waals surface area contributed by atoms with Crippen LogP contribution in [0.15, 0.2) is 42.5 Å². The molecule has 0 fully saturated rings.